The van der Waals surface area contributed by atoms with E-state index in [1.54, 1.807) is 6.20 Å². The number of anilines is 1. The molecule has 3 rings (SSSR count). The van der Waals surface area contributed by atoms with E-state index in [0.29, 0.717) is 11.6 Å². The molecule has 0 spiro atoms. The first-order valence-electron chi connectivity index (χ1n) is 7.03. The van der Waals surface area contributed by atoms with E-state index in [9.17, 15) is 4.79 Å². The van der Waals surface area contributed by atoms with Gasteiger partial charge in [-0.3, -0.25) is 4.79 Å². The summed E-state index contributed by atoms with van der Waals surface area (Å²) in [7, 11) is 0. The van der Waals surface area contributed by atoms with E-state index in [1.807, 2.05) is 32.1 Å². The maximum Gasteiger partial charge on any atom is 0.259 e. The van der Waals surface area contributed by atoms with Gasteiger partial charge in [0.15, 0.2) is 0 Å². The van der Waals surface area contributed by atoms with E-state index in [-0.39, 0.29) is 5.91 Å². The number of hydrogen-bond donors (Lipinski definition) is 1. The lowest BCUT2D eigenvalue weighted by molar-refractivity contribution is 0.0967. The van der Waals surface area contributed by atoms with Gasteiger partial charge in [-0.25, -0.2) is 4.98 Å². The van der Waals surface area contributed by atoms with Crippen molar-refractivity contribution in [3.8, 4) is 0 Å². The van der Waals surface area contributed by atoms with Gasteiger partial charge in [0.05, 0.1) is 11.3 Å². The van der Waals surface area contributed by atoms with Crippen molar-refractivity contribution in [3.05, 3.63) is 46.9 Å². The highest BCUT2D eigenvalue weighted by atomic mass is 16.1. The third-order valence-electron chi connectivity index (χ3n) is 3.96. The number of hydrogen-bond acceptors (Lipinski definition) is 3. The zero-order chi connectivity index (χ0) is 14.3. The molecule has 20 heavy (non-hydrogen) atoms. The van der Waals surface area contributed by atoms with Crippen molar-refractivity contribution in [1.82, 2.24) is 10.3 Å². The van der Waals surface area contributed by atoms with E-state index >= 15 is 0 Å². The van der Waals surface area contributed by atoms with Gasteiger partial charge in [0.25, 0.3) is 5.91 Å². The lowest BCUT2D eigenvalue weighted by atomic mass is 10.1. The van der Waals surface area contributed by atoms with Crippen molar-refractivity contribution in [2.75, 3.05) is 4.90 Å². The standard InChI is InChI=1S/C16H19N3O/c1-4-10(2)14-11(3)19(12-7-8-12)15-13(16(20)18-14)6-5-9-17-15/h4-6,9,12H,7-8H2,1-3H3,(H,18,20)/b10-4-. The molecule has 0 saturated heterocycles. The highest BCUT2D eigenvalue weighted by Gasteiger charge is 2.36. The molecule has 0 radical (unpaired) electrons. The molecule has 0 atom stereocenters. The largest absolute Gasteiger partial charge is 0.325 e. The molecule has 1 aromatic heterocycles. The van der Waals surface area contributed by atoms with E-state index < -0.39 is 0 Å². The number of nitrogens with zero attached hydrogens (tertiary/aromatic N) is 2. The molecule has 4 heteroatoms. The number of allylic oxidation sites excluding steroid dienone is 3. The maximum absolute atomic E-state index is 12.4. The van der Waals surface area contributed by atoms with E-state index in [1.165, 1.54) is 0 Å². The average Bonchev–Trinajstić information content (AvgIpc) is 3.28. The fraction of sp³-hybridized carbons (Fsp3) is 0.375. The van der Waals surface area contributed by atoms with Crippen LogP contribution in [0, 0.1) is 0 Å². The lowest BCUT2D eigenvalue weighted by Gasteiger charge is -2.25. The second-order valence-corrected chi connectivity index (χ2v) is 5.36. The van der Waals surface area contributed by atoms with Gasteiger partial charge in [0.2, 0.25) is 0 Å². The van der Waals surface area contributed by atoms with E-state index in [0.717, 1.165) is 35.6 Å². The number of nitrogens with one attached hydrogen (secondary N) is 1. The van der Waals surface area contributed by atoms with Gasteiger partial charge in [0.1, 0.15) is 5.82 Å². The summed E-state index contributed by atoms with van der Waals surface area (Å²) in [4.78, 5) is 19.1. The fourth-order valence-corrected chi connectivity index (χ4v) is 2.62. The Kier molecular flexibility index (Phi) is 3.08. The Morgan fingerprint density at radius 1 is 1.50 bits per heavy atom. The highest BCUT2D eigenvalue weighted by Crippen LogP contribution is 2.38. The molecule has 1 aliphatic carbocycles. The number of aromatic nitrogens is 1. The van der Waals surface area contributed by atoms with Crippen molar-refractivity contribution >= 4 is 11.7 Å². The third-order valence-corrected chi connectivity index (χ3v) is 3.96. The van der Waals surface area contributed by atoms with Crippen LogP contribution in [0.4, 0.5) is 5.82 Å². The number of pyridine rings is 1. The van der Waals surface area contributed by atoms with Crippen molar-refractivity contribution in [2.24, 2.45) is 0 Å². The number of carbonyl (C=O) groups excluding carboxylic acids is 1. The van der Waals surface area contributed by atoms with Crippen molar-refractivity contribution in [2.45, 2.75) is 39.7 Å². The number of rotatable bonds is 2. The van der Waals surface area contributed by atoms with Crippen molar-refractivity contribution in [3.63, 3.8) is 0 Å². The molecule has 0 unspecified atom stereocenters. The number of amides is 1. The second kappa shape index (κ2) is 4.78. The van der Waals surface area contributed by atoms with Crippen LogP contribution in [-0.4, -0.2) is 16.9 Å². The van der Waals surface area contributed by atoms with Gasteiger partial charge >= 0.3 is 0 Å². The Hall–Kier alpha value is -2.10. The van der Waals surface area contributed by atoms with Crippen LogP contribution >= 0.6 is 0 Å². The van der Waals surface area contributed by atoms with Gasteiger partial charge in [-0.2, -0.15) is 0 Å². The van der Waals surface area contributed by atoms with Crippen LogP contribution in [-0.2, 0) is 0 Å². The molecule has 2 heterocycles. The van der Waals surface area contributed by atoms with Crippen LogP contribution < -0.4 is 10.2 Å². The van der Waals surface area contributed by atoms with Crippen LogP contribution in [0.1, 0.15) is 44.0 Å². The van der Waals surface area contributed by atoms with Gasteiger partial charge in [0, 0.05) is 17.9 Å². The molecule has 1 fully saturated rings. The third kappa shape index (κ3) is 2.01. The van der Waals surface area contributed by atoms with Crippen LogP contribution in [0.5, 0.6) is 0 Å². The molecule has 0 bridgehead atoms. The molecule has 104 valence electrons. The molecule has 4 nitrogen and oxygen atoms in total. The minimum absolute atomic E-state index is 0.0770. The number of fused-ring (bicyclic) bond motifs is 1. The van der Waals surface area contributed by atoms with Gasteiger partial charge in [-0.1, -0.05) is 6.08 Å². The quantitative estimate of drug-likeness (QED) is 0.897. The predicted octanol–water partition coefficient (Wildman–Crippen LogP) is 2.99. The van der Waals surface area contributed by atoms with E-state index in [4.69, 9.17) is 0 Å². The SMILES string of the molecule is C/C=C(/C)C1=C(C)N(C2CC2)c2ncccc2C(=O)N1. The summed E-state index contributed by atoms with van der Waals surface area (Å²) in [5.74, 6) is 0.704. The van der Waals surface area contributed by atoms with E-state index in [2.05, 4.69) is 22.1 Å². The van der Waals surface area contributed by atoms with Crippen LogP contribution in [0.3, 0.4) is 0 Å². The first-order valence-corrected chi connectivity index (χ1v) is 7.03. The van der Waals surface area contributed by atoms with Crippen LogP contribution in [0.2, 0.25) is 0 Å². The monoisotopic (exact) mass is 269 g/mol. The minimum atomic E-state index is -0.0770. The molecule has 1 N–H and O–H groups in total. The summed E-state index contributed by atoms with van der Waals surface area (Å²) in [5, 5.41) is 3.04. The maximum atomic E-state index is 12.4. The first kappa shape index (κ1) is 12.9. The number of carbonyl (C=O) groups is 1. The van der Waals surface area contributed by atoms with Crippen molar-refractivity contribution in [1.29, 1.82) is 0 Å². The average molecular weight is 269 g/mol. The summed E-state index contributed by atoms with van der Waals surface area (Å²) in [6.45, 7) is 6.07. The zero-order valence-corrected chi connectivity index (χ0v) is 12.1. The highest BCUT2D eigenvalue weighted by molar-refractivity contribution is 6.01. The topological polar surface area (TPSA) is 45.2 Å². The molecule has 1 aliphatic heterocycles. The predicted molar refractivity (Wildman–Crippen MR) is 79.3 cm³/mol. The minimum Gasteiger partial charge on any atom is -0.325 e. The van der Waals surface area contributed by atoms with Crippen molar-refractivity contribution < 1.29 is 4.79 Å². The van der Waals surface area contributed by atoms with Crippen LogP contribution in [0.15, 0.2) is 41.4 Å². The van der Waals surface area contributed by atoms with Gasteiger partial charge in [-0.15, -0.1) is 0 Å². The zero-order valence-electron chi connectivity index (χ0n) is 12.1. The molecule has 0 aromatic carbocycles. The second-order valence-electron chi connectivity index (χ2n) is 5.36. The Labute approximate surface area is 119 Å². The molecule has 2 aliphatic rings. The van der Waals surface area contributed by atoms with Gasteiger partial charge < -0.3 is 10.2 Å². The first-order chi connectivity index (χ1) is 9.63. The summed E-state index contributed by atoms with van der Waals surface area (Å²) in [6, 6.07) is 4.12. The van der Waals surface area contributed by atoms with Crippen LogP contribution in [0.25, 0.3) is 0 Å². The summed E-state index contributed by atoms with van der Waals surface area (Å²) in [5.41, 5.74) is 3.71. The Morgan fingerprint density at radius 2 is 2.25 bits per heavy atom. The smallest absolute Gasteiger partial charge is 0.259 e. The molecule has 1 aromatic rings. The Balaban J connectivity index is 2.19. The fourth-order valence-electron chi connectivity index (χ4n) is 2.62. The molecular formula is C16H19N3O. The molecule has 1 amide bonds. The summed E-state index contributed by atoms with van der Waals surface area (Å²) < 4.78 is 0. The Morgan fingerprint density at radius 3 is 2.90 bits per heavy atom. The Bertz CT molecular complexity index is 626. The van der Waals surface area contributed by atoms with Gasteiger partial charge in [-0.05, 0) is 51.3 Å². The summed E-state index contributed by atoms with van der Waals surface area (Å²) in [6.07, 6.45) is 6.09. The normalized spacial score (nSPS) is 19.6. The molecule has 1 saturated carbocycles. The molecular weight excluding hydrogens is 250 g/mol. The summed E-state index contributed by atoms with van der Waals surface area (Å²) >= 11 is 0. The lowest BCUT2D eigenvalue weighted by Crippen LogP contribution is -2.26.